The van der Waals surface area contributed by atoms with Gasteiger partial charge in [0.05, 0.1) is 17.0 Å². The first-order valence-corrected chi connectivity index (χ1v) is 9.75. The van der Waals surface area contributed by atoms with Gasteiger partial charge in [-0.3, -0.25) is 4.68 Å². The number of likely N-dealkylation sites (N-methyl/N-ethyl adjacent to an activating group) is 1. The van der Waals surface area contributed by atoms with Crippen LogP contribution in [0.2, 0.25) is 0 Å². The van der Waals surface area contributed by atoms with Gasteiger partial charge in [-0.15, -0.1) is 0 Å². The van der Waals surface area contributed by atoms with Gasteiger partial charge in [-0.05, 0) is 32.4 Å². The third kappa shape index (κ3) is 5.11. The molecule has 5 nitrogen and oxygen atoms in total. The zero-order valence-electron chi connectivity index (χ0n) is 13.8. The number of nitrogens with one attached hydrogen (secondary N) is 1. The molecule has 21 heavy (non-hydrogen) atoms. The minimum Gasteiger partial charge on any atom is -0.313 e. The molecule has 2 unspecified atom stereocenters. The first-order valence-electron chi connectivity index (χ1n) is 7.79. The van der Waals surface area contributed by atoms with Crippen LogP contribution >= 0.6 is 0 Å². The molecule has 0 bridgehead atoms. The van der Waals surface area contributed by atoms with Crippen LogP contribution in [0.5, 0.6) is 0 Å². The highest BCUT2D eigenvalue weighted by atomic mass is 32.2. The summed E-state index contributed by atoms with van der Waals surface area (Å²) < 4.78 is 25.6. The van der Waals surface area contributed by atoms with Gasteiger partial charge in [0.1, 0.15) is 0 Å². The van der Waals surface area contributed by atoms with Gasteiger partial charge >= 0.3 is 0 Å². The highest BCUT2D eigenvalue weighted by Crippen LogP contribution is 2.16. The summed E-state index contributed by atoms with van der Waals surface area (Å²) in [6.45, 7) is 8.81. The summed E-state index contributed by atoms with van der Waals surface area (Å²) >= 11 is 0. The molecule has 122 valence electrons. The van der Waals surface area contributed by atoms with Crippen LogP contribution in [0.25, 0.3) is 0 Å². The fraction of sp³-hybridized carbons (Fsp3) is 0.800. The fourth-order valence-corrected chi connectivity index (χ4v) is 3.33. The quantitative estimate of drug-likeness (QED) is 0.759. The zero-order valence-corrected chi connectivity index (χ0v) is 14.7. The Morgan fingerprint density at radius 1 is 1.29 bits per heavy atom. The Hall–Kier alpha value is -0.880. The number of hydrogen-bond donors (Lipinski definition) is 1. The highest BCUT2D eigenvalue weighted by Gasteiger charge is 2.26. The van der Waals surface area contributed by atoms with Crippen LogP contribution < -0.4 is 5.32 Å². The predicted molar refractivity (Wildman–Crippen MR) is 87.3 cm³/mol. The SMILES string of the molecule is CCNC(Cc1ccn(C(CC)CC)n1)C(C)S(C)(=O)=O. The van der Waals surface area contributed by atoms with Crippen LogP contribution in [0, 0.1) is 0 Å². The molecular weight excluding hydrogens is 286 g/mol. The lowest BCUT2D eigenvalue weighted by molar-refractivity contribution is 0.421. The second kappa shape index (κ2) is 7.94. The van der Waals surface area contributed by atoms with E-state index >= 15 is 0 Å². The number of aromatic nitrogens is 2. The Morgan fingerprint density at radius 3 is 2.38 bits per heavy atom. The van der Waals surface area contributed by atoms with Gasteiger partial charge in [-0.2, -0.15) is 5.10 Å². The van der Waals surface area contributed by atoms with Crippen molar-refractivity contribution >= 4 is 9.84 Å². The van der Waals surface area contributed by atoms with Crippen LogP contribution in [0.15, 0.2) is 12.3 Å². The van der Waals surface area contributed by atoms with Gasteiger partial charge in [0.25, 0.3) is 0 Å². The minimum absolute atomic E-state index is 0.102. The standard InChI is InChI=1S/C15H29N3O2S/c1-6-14(7-2)18-10-9-13(17-18)11-15(16-8-3)12(4)21(5,19)20/h9-10,12,14-16H,6-8,11H2,1-5H3. The second-order valence-electron chi connectivity index (χ2n) is 5.66. The van der Waals surface area contributed by atoms with E-state index in [9.17, 15) is 8.42 Å². The molecule has 0 aliphatic rings. The molecule has 0 spiro atoms. The molecule has 6 heteroatoms. The summed E-state index contributed by atoms with van der Waals surface area (Å²) in [5, 5.41) is 7.48. The molecule has 0 aromatic carbocycles. The van der Waals surface area contributed by atoms with Crippen LogP contribution in [-0.4, -0.2) is 42.3 Å². The van der Waals surface area contributed by atoms with Crippen molar-refractivity contribution in [3.63, 3.8) is 0 Å². The van der Waals surface area contributed by atoms with Crippen molar-refractivity contribution in [1.29, 1.82) is 0 Å². The average molecular weight is 315 g/mol. The summed E-state index contributed by atoms with van der Waals surface area (Å²) in [4.78, 5) is 0. The molecule has 1 aromatic heterocycles. The van der Waals surface area contributed by atoms with Crippen molar-refractivity contribution in [3.05, 3.63) is 18.0 Å². The molecule has 1 aromatic rings. The maximum Gasteiger partial charge on any atom is 0.151 e. The molecule has 0 aliphatic carbocycles. The van der Waals surface area contributed by atoms with Crippen LogP contribution in [0.3, 0.4) is 0 Å². The molecule has 2 atom stereocenters. The van der Waals surface area contributed by atoms with Crippen molar-refractivity contribution in [2.45, 2.75) is 64.3 Å². The first kappa shape index (κ1) is 18.2. The van der Waals surface area contributed by atoms with E-state index in [0.29, 0.717) is 12.5 Å². The molecular formula is C15H29N3O2S. The van der Waals surface area contributed by atoms with Crippen LogP contribution in [0.1, 0.15) is 52.3 Å². The first-order chi connectivity index (χ1) is 9.83. The van der Waals surface area contributed by atoms with Crippen molar-refractivity contribution in [2.24, 2.45) is 0 Å². The third-order valence-electron chi connectivity index (χ3n) is 4.12. The van der Waals surface area contributed by atoms with Crippen molar-refractivity contribution in [1.82, 2.24) is 15.1 Å². The number of sulfone groups is 1. The maximum atomic E-state index is 11.8. The molecule has 0 fully saturated rings. The van der Waals surface area contributed by atoms with Gasteiger partial charge in [0, 0.05) is 24.9 Å². The van der Waals surface area contributed by atoms with E-state index in [-0.39, 0.29) is 6.04 Å². The summed E-state index contributed by atoms with van der Waals surface area (Å²) in [6.07, 6.45) is 6.03. The molecule has 1 heterocycles. The Bertz CT molecular complexity index is 521. The van der Waals surface area contributed by atoms with Gasteiger partial charge in [0.2, 0.25) is 0 Å². The summed E-state index contributed by atoms with van der Waals surface area (Å²) in [7, 11) is -3.06. The van der Waals surface area contributed by atoms with E-state index in [1.54, 1.807) is 6.92 Å². The zero-order chi connectivity index (χ0) is 16.0. The van der Waals surface area contributed by atoms with Gasteiger partial charge < -0.3 is 5.32 Å². The van der Waals surface area contributed by atoms with Gasteiger partial charge in [-0.25, -0.2) is 8.42 Å². The summed E-state index contributed by atoms with van der Waals surface area (Å²) in [6, 6.07) is 2.32. The molecule has 0 aliphatic heterocycles. The third-order valence-corrected chi connectivity index (χ3v) is 5.80. The van der Waals surface area contributed by atoms with Crippen LogP contribution in [-0.2, 0) is 16.3 Å². The molecule has 1 rings (SSSR count). The topological polar surface area (TPSA) is 64.0 Å². The van der Waals surface area contributed by atoms with E-state index < -0.39 is 15.1 Å². The molecule has 0 amide bonds. The van der Waals surface area contributed by atoms with Gasteiger partial charge in [0.15, 0.2) is 9.84 Å². The van der Waals surface area contributed by atoms with Crippen LogP contribution in [0.4, 0.5) is 0 Å². The van der Waals surface area contributed by atoms with E-state index in [4.69, 9.17) is 0 Å². The van der Waals surface area contributed by atoms with Gasteiger partial charge in [-0.1, -0.05) is 20.8 Å². The normalized spacial score (nSPS) is 15.3. The highest BCUT2D eigenvalue weighted by molar-refractivity contribution is 7.91. The lowest BCUT2D eigenvalue weighted by Crippen LogP contribution is -2.43. The predicted octanol–water partition coefficient (Wildman–Crippen LogP) is 2.20. The average Bonchev–Trinajstić information content (AvgIpc) is 2.86. The molecule has 0 saturated carbocycles. The molecule has 1 N–H and O–H groups in total. The largest absolute Gasteiger partial charge is 0.313 e. The Kier molecular flexibility index (Phi) is 6.87. The van der Waals surface area contributed by atoms with E-state index in [2.05, 4.69) is 24.3 Å². The second-order valence-corrected chi connectivity index (χ2v) is 8.06. The van der Waals surface area contributed by atoms with Crippen molar-refractivity contribution in [3.8, 4) is 0 Å². The molecule has 0 saturated heterocycles. The Labute approximate surface area is 129 Å². The van der Waals surface area contributed by atoms with E-state index in [1.807, 2.05) is 23.9 Å². The summed E-state index contributed by atoms with van der Waals surface area (Å²) in [5.41, 5.74) is 0.948. The summed E-state index contributed by atoms with van der Waals surface area (Å²) in [5.74, 6) is 0. The van der Waals surface area contributed by atoms with E-state index in [0.717, 1.165) is 25.1 Å². The van der Waals surface area contributed by atoms with E-state index in [1.165, 1.54) is 6.26 Å². The minimum atomic E-state index is -3.06. The fourth-order valence-electron chi connectivity index (χ4n) is 2.54. The Morgan fingerprint density at radius 2 is 1.90 bits per heavy atom. The maximum absolute atomic E-state index is 11.8. The van der Waals surface area contributed by atoms with Crippen molar-refractivity contribution in [2.75, 3.05) is 12.8 Å². The lowest BCUT2D eigenvalue weighted by atomic mass is 10.1. The Balaban J connectivity index is 2.85. The smallest absolute Gasteiger partial charge is 0.151 e. The number of hydrogen-bond acceptors (Lipinski definition) is 4. The lowest BCUT2D eigenvalue weighted by Gasteiger charge is -2.22. The number of nitrogens with zero attached hydrogens (tertiary/aromatic N) is 2. The number of rotatable bonds is 9. The van der Waals surface area contributed by atoms with Crippen molar-refractivity contribution < 1.29 is 8.42 Å². The monoisotopic (exact) mass is 315 g/mol. The molecule has 0 radical (unpaired) electrons.